The van der Waals surface area contributed by atoms with Crippen LogP contribution in [0.3, 0.4) is 0 Å². The molecule has 0 heterocycles. The molecule has 3 nitrogen and oxygen atoms in total. The largest absolute Gasteiger partial charge is 0.392 e. The summed E-state index contributed by atoms with van der Waals surface area (Å²) in [5, 5.41) is 20.2. The van der Waals surface area contributed by atoms with Crippen molar-refractivity contribution in [1.29, 1.82) is 0 Å². The van der Waals surface area contributed by atoms with Crippen molar-refractivity contribution in [2.45, 2.75) is 51.7 Å². The van der Waals surface area contributed by atoms with Gasteiger partial charge >= 0.3 is 0 Å². The van der Waals surface area contributed by atoms with E-state index < -0.39 is 6.10 Å². The second kappa shape index (κ2) is 6.56. The molecule has 0 radical (unpaired) electrons. The molecule has 110 valence electrons. The van der Waals surface area contributed by atoms with E-state index in [1.54, 1.807) is 13.0 Å². The smallest absolute Gasteiger partial charge is 0.133 e. The number of rotatable bonds is 4. The zero-order valence-corrected chi connectivity index (χ0v) is 12.2. The van der Waals surface area contributed by atoms with Crippen LogP contribution in [-0.2, 0) is 4.79 Å². The molecule has 0 aromatic carbocycles. The summed E-state index contributed by atoms with van der Waals surface area (Å²) in [6.45, 7) is 3.76. The van der Waals surface area contributed by atoms with E-state index in [4.69, 9.17) is 0 Å². The summed E-state index contributed by atoms with van der Waals surface area (Å²) in [4.78, 5) is 11.5. The summed E-state index contributed by atoms with van der Waals surface area (Å²) in [5.74, 6) is 6.83. The van der Waals surface area contributed by atoms with Crippen molar-refractivity contribution in [2.24, 2.45) is 23.7 Å². The Balaban J connectivity index is 1.95. The highest BCUT2D eigenvalue weighted by Gasteiger charge is 2.46. The normalized spacial score (nSPS) is 35.7. The van der Waals surface area contributed by atoms with Gasteiger partial charge in [0.25, 0.3) is 0 Å². The molecule has 2 aliphatic rings. The summed E-state index contributed by atoms with van der Waals surface area (Å²) in [5.41, 5.74) is 0. The SMILES string of the molecule is CC#CCC(C)[C@H](O)/C=C/[C@@H]1[C@H]2CC(=O)C[C@H]2C[C@H]1O. The molecule has 20 heavy (non-hydrogen) atoms. The van der Waals surface area contributed by atoms with E-state index in [1.165, 1.54) is 0 Å². The molecule has 2 fully saturated rings. The number of hydrogen-bond donors (Lipinski definition) is 2. The highest BCUT2D eigenvalue weighted by Crippen LogP contribution is 2.46. The van der Waals surface area contributed by atoms with Crippen molar-refractivity contribution < 1.29 is 15.0 Å². The zero-order valence-electron chi connectivity index (χ0n) is 12.2. The predicted octanol–water partition coefficient (Wildman–Crippen LogP) is 1.93. The van der Waals surface area contributed by atoms with Crippen LogP contribution in [0.25, 0.3) is 0 Å². The Kier molecular flexibility index (Phi) is 5.01. The third-order valence-corrected chi connectivity index (χ3v) is 4.76. The number of carbonyl (C=O) groups excluding carboxylic acids is 1. The van der Waals surface area contributed by atoms with Gasteiger partial charge in [-0.2, -0.15) is 0 Å². The molecule has 0 saturated heterocycles. The van der Waals surface area contributed by atoms with Crippen LogP contribution in [0.15, 0.2) is 12.2 Å². The minimum absolute atomic E-state index is 0.0190. The first-order valence-corrected chi connectivity index (χ1v) is 7.48. The van der Waals surface area contributed by atoms with Gasteiger partial charge in [0.1, 0.15) is 5.78 Å². The fourth-order valence-corrected chi connectivity index (χ4v) is 3.50. The minimum Gasteiger partial charge on any atom is -0.392 e. The molecule has 2 aliphatic carbocycles. The van der Waals surface area contributed by atoms with Crippen LogP contribution >= 0.6 is 0 Å². The average Bonchev–Trinajstić information content (AvgIpc) is 2.88. The van der Waals surface area contributed by atoms with Crippen LogP contribution in [0.4, 0.5) is 0 Å². The second-order valence-corrected chi connectivity index (χ2v) is 6.23. The van der Waals surface area contributed by atoms with Gasteiger partial charge in [-0.3, -0.25) is 4.79 Å². The molecule has 0 aliphatic heterocycles. The first-order chi connectivity index (χ1) is 9.52. The molecule has 6 atom stereocenters. The van der Waals surface area contributed by atoms with E-state index in [0.717, 1.165) is 6.42 Å². The van der Waals surface area contributed by atoms with Gasteiger partial charge < -0.3 is 10.2 Å². The summed E-state index contributed by atoms with van der Waals surface area (Å²) in [7, 11) is 0. The molecular formula is C17H24O3. The summed E-state index contributed by atoms with van der Waals surface area (Å²) in [6, 6.07) is 0. The van der Waals surface area contributed by atoms with Gasteiger partial charge in [0, 0.05) is 25.2 Å². The van der Waals surface area contributed by atoms with E-state index in [1.807, 2.05) is 13.0 Å². The Morgan fingerprint density at radius 3 is 2.90 bits per heavy atom. The molecule has 1 unspecified atom stereocenters. The van der Waals surface area contributed by atoms with E-state index in [-0.39, 0.29) is 23.9 Å². The van der Waals surface area contributed by atoms with Gasteiger partial charge in [0.05, 0.1) is 12.2 Å². The molecule has 0 aromatic heterocycles. The van der Waals surface area contributed by atoms with E-state index >= 15 is 0 Å². The van der Waals surface area contributed by atoms with Gasteiger partial charge in [-0.15, -0.1) is 11.8 Å². The number of hydrogen-bond acceptors (Lipinski definition) is 3. The van der Waals surface area contributed by atoms with Crippen LogP contribution in [0.2, 0.25) is 0 Å². The second-order valence-electron chi connectivity index (χ2n) is 6.23. The molecule has 2 rings (SSSR count). The maximum atomic E-state index is 11.5. The molecule has 2 N–H and O–H groups in total. The number of fused-ring (bicyclic) bond motifs is 1. The lowest BCUT2D eigenvalue weighted by Gasteiger charge is -2.18. The zero-order chi connectivity index (χ0) is 14.7. The molecule has 3 heteroatoms. The third kappa shape index (κ3) is 3.31. The molecule has 0 amide bonds. The van der Waals surface area contributed by atoms with Crippen LogP contribution < -0.4 is 0 Å². The number of carbonyl (C=O) groups is 1. The van der Waals surface area contributed by atoms with Gasteiger partial charge in [-0.05, 0) is 31.1 Å². The van der Waals surface area contributed by atoms with Crippen molar-refractivity contribution in [3.05, 3.63) is 12.2 Å². The van der Waals surface area contributed by atoms with Gasteiger partial charge in [0.15, 0.2) is 0 Å². The fraction of sp³-hybridized carbons (Fsp3) is 0.706. The van der Waals surface area contributed by atoms with Crippen molar-refractivity contribution in [3.8, 4) is 11.8 Å². The first-order valence-electron chi connectivity index (χ1n) is 7.48. The van der Waals surface area contributed by atoms with Crippen LogP contribution in [0.5, 0.6) is 0 Å². The van der Waals surface area contributed by atoms with Gasteiger partial charge in [0.2, 0.25) is 0 Å². The van der Waals surface area contributed by atoms with E-state index in [0.29, 0.717) is 31.0 Å². The Labute approximate surface area is 121 Å². The number of Topliss-reactive ketones (excluding diaryl/α,β-unsaturated/α-hetero) is 1. The Bertz CT molecular complexity index is 443. The Morgan fingerprint density at radius 2 is 2.20 bits per heavy atom. The topological polar surface area (TPSA) is 57.5 Å². The lowest BCUT2D eigenvalue weighted by atomic mass is 9.90. The van der Waals surface area contributed by atoms with Crippen molar-refractivity contribution in [3.63, 3.8) is 0 Å². The van der Waals surface area contributed by atoms with Crippen LogP contribution in [0, 0.1) is 35.5 Å². The van der Waals surface area contributed by atoms with Gasteiger partial charge in [-0.25, -0.2) is 0 Å². The van der Waals surface area contributed by atoms with E-state index in [9.17, 15) is 15.0 Å². The molecule has 0 aromatic rings. The van der Waals surface area contributed by atoms with Crippen LogP contribution in [0.1, 0.15) is 39.5 Å². The predicted molar refractivity (Wildman–Crippen MR) is 77.7 cm³/mol. The molecule has 2 saturated carbocycles. The number of ketones is 1. The molecule has 0 spiro atoms. The molecule has 0 bridgehead atoms. The first kappa shape index (κ1) is 15.3. The number of aliphatic hydroxyl groups is 2. The standard InChI is InChI=1S/C17H24O3/c1-3-4-5-11(2)16(19)7-6-14-15-10-13(18)8-12(15)9-17(14)20/h6-7,11-12,14-17,19-20H,5,8-10H2,1-2H3/b7-6+/t11?,12-,14+,15-,16+,17+/m0/s1. The highest BCUT2D eigenvalue weighted by atomic mass is 16.3. The summed E-state index contributed by atoms with van der Waals surface area (Å²) in [6.07, 6.45) is 5.39. The van der Waals surface area contributed by atoms with E-state index in [2.05, 4.69) is 11.8 Å². The Morgan fingerprint density at radius 1 is 1.45 bits per heavy atom. The lowest BCUT2D eigenvalue weighted by Crippen LogP contribution is -2.20. The van der Waals surface area contributed by atoms with Crippen molar-refractivity contribution in [1.82, 2.24) is 0 Å². The quantitative estimate of drug-likeness (QED) is 0.609. The minimum atomic E-state index is -0.542. The monoisotopic (exact) mass is 276 g/mol. The fourth-order valence-electron chi connectivity index (χ4n) is 3.50. The third-order valence-electron chi connectivity index (χ3n) is 4.76. The van der Waals surface area contributed by atoms with Crippen molar-refractivity contribution in [2.75, 3.05) is 0 Å². The summed E-state index contributed by atoms with van der Waals surface area (Å²) >= 11 is 0. The van der Waals surface area contributed by atoms with Crippen molar-refractivity contribution >= 4 is 5.78 Å². The van der Waals surface area contributed by atoms with Crippen LogP contribution in [-0.4, -0.2) is 28.2 Å². The maximum absolute atomic E-state index is 11.5. The maximum Gasteiger partial charge on any atom is 0.133 e. The number of aliphatic hydroxyl groups excluding tert-OH is 2. The lowest BCUT2D eigenvalue weighted by molar-refractivity contribution is -0.118. The average molecular weight is 276 g/mol. The highest BCUT2D eigenvalue weighted by molar-refractivity contribution is 5.81. The van der Waals surface area contributed by atoms with Gasteiger partial charge in [-0.1, -0.05) is 19.1 Å². The molecular weight excluding hydrogens is 252 g/mol. The Hall–Kier alpha value is -1.11. The summed E-state index contributed by atoms with van der Waals surface area (Å²) < 4.78 is 0.